The highest BCUT2D eigenvalue weighted by Gasteiger charge is 2.44. The van der Waals surface area contributed by atoms with Crippen molar-refractivity contribution < 1.29 is 14.3 Å². The summed E-state index contributed by atoms with van der Waals surface area (Å²) in [5.41, 5.74) is 9.58. The molecule has 1 aliphatic carbocycles. The van der Waals surface area contributed by atoms with Crippen molar-refractivity contribution in [3.8, 4) is 17.6 Å². The van der Waals surface area contributed by atoms with E-state index < -0.39 is 5.92 Å². The van der Waals surface area contributed by atoms with Gasteiger partial charge in [0.1, 0.15) is 17.3 Å². The summed E-state index contributed by atoms with van der Waals surface area (Å²) in [7, 11) is 3.15. The summed E-state index contributed by atoms with van der Waals surface area (Å²) in [6.07, 6.45) is 4.39. The number of hydrogen-bond donors (Lipinski definition) is 1. The number of pyridine rings is 1. The maximum absolute atomic E-state index is 13.5. The molecular formula is C25H26N4O3. The first kappa shape index (κ1) is 21.4. The van der Waals surface area contributed by atoms with Crippen molar-refractivity contribution in [2.24, 2.45) is 11.1 Å². The summed E-state index contributed by atoms with van der Waals surface area (Å²) in [5, 5.41) is 10.1. The highest BCUT2D eigenvalue weighted by molar-refractivity contribution is 6.01. The topological polar surface area (TPSA) is 101 Å². The first-order chi connectivity index (χ1) is 15.3. The predicted octanol–water partition coefficient (Wildman–Crippen LogP) is 4.04. The van der Waals surface area contributed by atoms with E-state index in [9.17, 15) is 10.1 Å². The van der Waals surface area contributed by atoms with Gasteiger partial charge in [0, 0.05) is 48.3 Å². The minimum atomic E-state index is -0.545. The number of aromatic nitrogens is 1. The molecule has 2 N–H and O–H groups in total. The Balaban J connectivity index is 2.01. The van der Waals surface area contributed by atoms with Crippen LogP contribution in [0.4, 0.5) is 5.69 Å². The molecule has 1 aliphatic heterocycles. The van der Waals surface area contributed by atoms with Crippen LogP contribution >= 0.6 is 0 Å². The molecule has 2 aliphatic rings. The molecule has 0 fully saturated rings. The van der Waals surface area contributed by atoms with Crippen molar-refractivity contribution in [2.45, 2.75) is 32.6 Å². The number of ether oxygens (including phenoxy) is 2. The van der Waals surface area contributed by atoms with Crippen LogP contribution in [0, 0.1) is 16.7 Å². The van der Waals surface area contributed by atoms with E-state index in [1.807, 2.05) is 23.1 Å². The van der Waals surface area contributed by atoms with Crippen LogP contribution in [0.5, 0.6) is 11.5 Å². The second-order valence-corrected chi connectivity index (χ2v) is 8.84. The quantitative estimate of drug-likeness (QED) is 0.781. The Morgan fingerprint density at radius 2 is 1.88 bits per heavy atom. The van der Waals surface area contributed by atoms with E-state index in [0.717, 1.165) is 11.3 Å². The minimum Gasteiger partial charge on any atom is -0.497 e. The molecule has 0 bridgehead atoms. The van der Waals surface area contributed by atoms with Crippen molar-refractivity contribution in [1.29, 1.82) is 5.26 Å². The lowest BCUT2D eigenvalue weighted by molar-refractivity contribution is -0.118. The molecule has 0 spiro atoms. The molecule has 2 aromatic rings. The fraction of sp³-hybridized carbons (Fsp3) is 0.320. The molecule has 164 valence electrons. The Labute approximate surface area is 187 Å². The molecule has 2 heterocycles. The Hall–Kier alpha value is -3.79. The number of Topliss-reactive ketones (excluding diaryl/α,β-unsaturated/α-hetero) is 1. The van der Waals surface area contributed by atoms with Gasteiger partial charge >= 0.3 is 0 Å². The van der Waals surface area contributed by atoms with Crippen LogP contribution in [-0.2, 0) is 4.79 Å². The van der Waals surface area contributed by atoms with Crippen molar-refractivity contribution in [3.05, 3.63) is 71.0 Å². The molecule has 1 atom stereocenters. The molecule has 0 radical (unpaired) electrons. The van der Waals surface area contributed by atoms with Gasteiger partial charge in [-0.05, 0) is 23.5 Å². The van der Waals surface area contributed by atoms with Crippen LogP contribution in [0.15, 0.2) is 65.4 Å². The SMILES string of the molecule is COc1cc(OC)cc(N2C(N)=C(C#N)C(c3cccnc3)C3=C2CC(C)(C)CC3=O)c1. The summed E-state index contributed by atoms with van der Waals surface area (Å²) >= 11 is 0. The molecule has 1 unspecified atom stereocenters. The van der Waals surface area contributed by atoms with Gasteiger partial charge < -0.3 is 15.2 Å². The molecule has 32 heavy (non-hydrogen) atoms. The first-order valence-electron chi connectivity index (χ1n) is 10.4. The summed E-state index contributed by atoms with van der Waals surface area (Å²) in [5.74, 6) is 0.939. The first-order valence-corrected chi connectivity index (χ1v) is 10.4. The number of ketones is 1. The van der Waals surface area contributed by atoms with Crippen LogP contribution < -0.4 is 20.1 Å². The van der Waals surface area contributed by atoms with Gasteiger partial charge in [-0.3, -0.25) is 14.7 Å². The number of methoxy groups -OCH3 is 2. The third-order valence-corrected chi connectivity index (χ3v) is 5.99. The number of carbonyl (C=O) groups is 1. The smallest absolute Gasteiger partial charge is 0.162 e. The number of benzene rings is 1. The molecule has 0 amide bonds. The number of nitrogens with two attached hydrogens (primary N) is 1. The number of allylic oxidation sites excluding steroid dienone is 3. The predicted molar refractivity (Wildman–Crippen MR) is 121 cm³/mol. The number of rotatable bonds is 4. The van der Waals surface area contributed by atoms with Gasteiger partial charge in [0.25, 0.3) is 0 Å². The van der Waals surface area contributed by atoms with Gasteiger partial charge in [-0.2, -0.15) is 5.26 Å². The Morgan fingerprint density at radius 1 is 1.19 bits per heavy atom. The van der Waals surface area contributed by atoms with Crippen molar-refractivity contribution in [2.75, 3.05) is 19.1 Å². The number of nitriles is 1. The van der Waals surface area contributed by atoms with Crippen molar-refractivity contribution >= 4 is 11.5 Å². The van der Waals surface area contributed by atoms with E-state index in [0.29, 0.717) is 47.0 Å². The number of nitrogens with zero attached hydrogens (tertiary/aromatic N) is 3. The lowest BCUT2D eigenvalue weighted by Crippen LogP contribution is -2.42. The Bertz CT molecular complexity index is 1150. The maximum atomic E-state index is 13.5. The van der Waals surface area contributed by atoms with Gasteiger partial charge in [0.05, 0.1) is 37.5 Å². The molecule has 1 aromatic heterocycles. The van der Waals surface area contributed by atoms with E-state index in [4.69, 9.17) is 15.2 Å². The zero-order valence-electron chi connectivity index (χ0n) is 18.7. The monoisotopic (exact) mass is 430 g/mol. The Kier molecular flexibility index (Phi) is 5.39. The van der Waals surface area contributed by atoms with Gasteiger partial charge in [-0.15, -0.1) is 0 Å². The third kappa shape index (κ3) is 3.58. The minimum absolute atomic E-state index is 0.0187. The summed E-state index contributed by atoms with van der Waals surface area (Å²) in [6.45, 7) is 4.13. The Morgan fingerprint density at radius 3 is 2.44 bits per heavy atom. The van der Waals surface area contributed by atoms with E-state index in [-0.39, 0.29) is 11.2 Å². The van der Waals surface area contributed by atoms with Gasteiger partial charge in [-0.25, -0.2) is 0 Å². The molecule has 0 saturated heterocycles. The van der Waals surface area contributed by atoms with E-state index in [1.165, 1.54) is 0 Å². The summed E-state index contributed by atoms with van der Waals surface area (Å²) in [4.78, 5) is 19.5. The highest BCUT2D eigenvalue weighted by atomic mass is 16.5. The van der Waals surface area contributed by atoms with Gasteiger partial charge in [-0.1, -0.05) is 19.9 Å². The lowest BCUT2D eigenvalue weighted by atomic mass is 9.68. The molecule has 1 aromatic carbocycles. The number of anilines is 1. The average Bonchev–Trinajstić information content (AvgIpc) is 2.77. The van der Waals surface area contributed by atoms with Crippen LogP contribution in [0.2, 0.25) is 0 Å². The molecule has 4 rings (SSSR count). The highest BCUT2D eigenvalue weighted by Crippen LogP contribution is 2.50. The largest absolute Gasteiger partial charge is 0.497 e. The molecule has 0 saturated carbocycles. The van der Waals surface area contributed by atoms with Crippen LogP contribution in [0.1, 0.15) is 38.2 Å². The van der Waals surface area contributed by atoms with Crippen LogP contribution in [0.3, 0.4) is 0 Å². The van der Waals surface area contributed by atoms with E-state index in [1.54, 1.807) is 38.7 Å². The zero-order chi connectivity index (χ0) is 23.0. The second-order valence-electron chi connectivity index (χ2n) is 8.84. The summed E-state index contributed by atoms with van der Waals surface area (Å²) < 4.78 is 10.9. The maximum Gasteiger partial charge on any atom is 0.162 e. The molecule has 7 nitrogen and oxygen atoms in total. The summed E-state index contributed by atoms with van der Waals surface area (Å²) in [6, 6.07) is 11.4. The standard InChI is InChI=1S/C25H26N4O3/c1-25(2)11-20-23(21(30)12-25)22(15-6-5-7-28-14-15)19(13-26)24(27)29(20)16-8-17(31-3)10-18(9-16)32-4/h5-10,14,22H,11-12,27H2,1-4H3. The zero-order valence-corrected chi connectivity index (χ0v) is 18.7. The van der Waals surface area contributed by atoms with Crippen LogP contribution in [0.25, 0.3) is 0 Å². The van der Waals surface area contributed by atoms with Gasteiger partial charge in [0.2, 0.25) is 0 Å². The number of hydrogen-bond acceptors (Lipinski definition) is 7. The van der Waals surface area contributed by atoms with Crippen molar-refractivity contribution in [3.63, 3.8) is 0 Å². The third-order valence-electron chi connectivity index (χ3n) is 5.99. The number of carbonyl (C=O) groups excluding carboxylic acids is 1. The normalized spacial score (nSPS) is 20.0. The fourth-order valence-corrected chi connectivity index (χ4v) is 4.61. The average molecular weight is 431 g/mol. The second kappa shape index (κ2) is 8.04. The molecular weight excluding hydrogens is 404 g/mol. The fourth-order valence-electron chi connectivity index (χ4n) is 4.61. The van der Waals surface area contributed by atoms with E-state index in [2.05, 4.69) is 24.9 Å². The lowest BCUT2D eigenvalue weighted by Gasteiger charge is -2.43. The van der Waals surface area contributed by atoms with E-state index >= 15 is 0 Å². The van der Waals surface area contributed by atoms with Crippen LogP contribution in [-0.4, -0.2) is 25.0 Å². The molecule has 7 heteroatoms. The van der Waals surface area contributed by atoms with Crippen molar-refractivity contribution in [1.82, 2.24) is 4.98 Å². The van der Waals surface area contributed by atoms with Gasteiger partial charge in [0.15, 0.2) is 5.78 Å².